The van der Waals surface area contributed by atoms with Gasteiger partial charge < -0.3 is 10.6 Å². The zero-order chi connectivity index (χ0) is 19.8. The lowest BCUT2D eigenvalue weighted by molar-refractivity contribution is 0.443. The van der Waals surface area contributed by atoms with Crippen molar-refractivity contribution >= 4 is 55.9 Å². The normalized spacial score (nSPS) is 13.6. The van der Waals surface area contributed by atoms with E-state index >= 15 is 0 Å². The Labute approximate surface area is 189 Å². The van der Waals surface area contributed by atoms with Crippen molar-refractivity contribution in [3.8, 4) is 0 Å². The van der Waals surface area contributed by atoms with Gasteiger partial charge in [-0.1, -0.05) is 41.4 Å². The predicted octanol–water partition coefficient (Wildman–Crippen LogP) is 3.13. The summed E-state index contributed by atoms with van der Waals surface area (Å²) >= 11 is 3.51. The molecule has 156 valence electrons. The number of rotatable bonds is 9. The van der Waals surface area contributed by atoms with Crippen LogP contribution in [-0.2, 0) is 16.4 Å². The van der Waals surface area contributed by atoms with Crippen molar-refractivity contribution in [1.29, 1.82) is 0 Å². The number of guanidine groups is 1. The fourth-order valence-corrected chi connectivity index (χ4v) is 4.18. The van der Waals surface area contributed by atoms with Crippen LogP contribution in [0.3, 0.4) is 0 Å². The molecule has 1 aromatic rings. The van der Waals surface area contributed by atoms with Crippen LogP contribution in [0.15, 0.2) is 33.7 Å². The fourth-order valence-electron chi connectivity index (χ4n) is 2.66. The van der Waals surface area contributed by atoms with Crippen molar-refractivity contribution in [2.45, 2.75) is 39.2 Å². The van der Waals surface area contributed by atoms with E-state index in [1.54, 1.807) is 7.05 Å². The summed E-state index contributed by atoms with van der Waals surface area (Å²) in [4.78, 5) is 4.22. The van der Waals surface area contributed by atoms with Crippen molar-refractivity contribution in [3.05, 3.63) is 34.3 Å². The molecule has 0 aliphatic rings. The van der Waals surface area contributed by atoms with Crippen molar-refractivity contribution in [1.82, 2.24) is 15.4 Å². The monoisotopic (exact) mass is 574 g/mol. The standard InChI is InChI=1S/C18H31BrN4O2S.HI/c1-6-14(10-15-8-7-9-16(19)11-15)12-21-17(20-4)22-13-18(2,3)23-26(5,24)25;/h7-9,11,14,23H,6,10,12-13H2,1-5H3,(H2,20,21,22);1H. The number of aliphatic imine (C=N–C) groups is 1. The van der Waals surface area contributed by atoms with Gasteiger partial charge in [-0.2, -0.15) is 0 Å². The molecule has 9 heteroatoms. The molecule has 0 amide bonds. The summed E-state index contributed by atoms with van der Waals surface area (Å²) in [6.07, 6.45) is 3.20. The molecular weight excluding hydrogens is 543 g/mol. The summed E-state index contributed by atoms with van der Waals surface area (Å²) < 4.78 is 26.6. The van der Waals surface area contributed by atoms with E-state index in [-0.39, 0.29) is 24.0 Å². The summed E-state index contributed by atoms with van der Waals surface area (Å²) in [5.41, 5.74) is 0.695. The molecule has 1 atom stereocenters. The number of hydrogen-bond acceptors (Lipinski definition) is 3. The molecule has 0 spiro atoms. The van der Waals surface area contributed by atoms with Gasteiger partial charge in [0.25, 0.3) is 0 Å². The van der Waals surface area contributed by atoms with Gasteiger partial charge in [-0.25, -0.2) is 13.1 Å². The Hall–Kier alpha value is -0.390. The van der Waals surface area contributed by atoms with Crippen molar-refractivity contribution in [3.63, 3.8) is 0 Å². The predicted molar refractivity (Wildman–Crippen MR) is 128 cm³/mol. The number of nitrogens with zero attached hydrogens (tertiary/aromatic N) is 1. The van der Waals surface area contributed by atoms with Crippen molar-refractivity contribution in [2.24, 2.45) is 10.9 Å². The quantitative estimate of drug-likeness (QED) is 0.240. The lowest BCUT2D eigenvalue weighted by atomic mass is 9.97. The van der Waals surface area contributed by atoms with E-state index in [1.807, 2.05) is 19.9 Å². The molecule has 0 aromatic heterocycles. The van der Waals surface area contributed by atoms with Gasteiger partial charge in [0.15, 0.2) is 5.96 Å². The summed E-state index contributed by atoms with van der Waals surface area (Å²) in [5, 5.41) is 6.53. The zero-order valence-electron chi connectivity index (χ0n) is 16.7. The van der Waals surface area contributed by atoms with Gasteiger partial charge in [0.05, 0.1) is 6.26 Å². The molecule has 1 unspecified atom stereocenters. The Morgan fingerprint density at radius 3 is 2.48 bits per heavy atom. The maximum absolute atomic E-state index is 11.4. The minimum Gasteiger partial charge on any atom is -0.356 e. The molecule has 0 bridgehead atoms. The number of hydrogen-bond donors (Lipinski definition) is 3. The van der Waals surface area contributed by atoms with Crippen LogP contribution in [-0.4, -0.2) is 46.3 Å². The van der Waals surface area contributed by atoms with E-state index < -0.39 is 15.6 Å². The minimum absolute atomic E-state index is 0. The molecule has 0 aliphatic heterocycles. The molecule has 0 heterocycles. The van der Waals surface area contributed by atoms with Gasteiger partial charge in [-0.3, -0.25) is 4.99 Å². The van der Waals surface area contributed by atoms with Gasteiger partial charge in [-0.15, -0.1) is 24.0 Å². The molecule has 27 heavy (non-hydrogen) atoms. The molecule has 1 aromatic carbocycles. The highest BCUT2D eigenvalue weighted by Gasteiger charge is 2.22. The van der Waals surface area contributed by atoms with Crippen molar-refractivity contribution in [2.75, 3.05) is 26.4 Å². The summed E-state index contributed by atoms with van der Waals surface area (Å²) in [6.45, 7) is 7.07. The van der Waals surface area contributed by atoms with Gasteiger partial charge in [-0.05, 0) is 43.9 Å². The minimum atomic E-state index is -3.26. The topological polar surface area (TPSA) is 82.6 Å². The molecule has 0 saturated heterocycles. The third-order valence-electron chi connectivity index (χ3n) is 3.93. The SMILES string of the molecule is CCC(CNC(=NC)NCC(C)(C)NS(C)(=O)=O)Cc1cccc(Br)c1.I. The second kappa shape index (κ2) is 12.2. The van der Waals surface area contributed by atoms with E-state index in [1.165, 1.54) is 5.56 Å². The molecule has 0 radical (unpaired) electrons. The Morgan fingerprint density at radius 1 is 1.30 bits per heavy atom. The highest BCUT2D eigenvalue weighted by atomic mass is 127. The van der Waals surface area contributed by atoms with E-state index in [0.29, 0.717) is 18.4 Å². The molecule has 1 rings (SSSR count). The lowest BCUT2D eigenvalue weighted by Crippen LogP contribution is -2.53. The Bertz CT molecular complexity index is 711. The molecular formula is C18H32BrIN4O2S. The molecule has 0 saturated carbocycles. The first-order valence-electron chi connectivity index (χ1n) is 8.72. The van der Waals surface area contributed by atoms with Gasteiger partial charge in [0.2, 0.25) is 10.0 Å². The van der Waals surface area contributed by atoms with E-state index in [4.69, 9.17) is 0 Å². The Morgan fingerprint density at radius 2 is 1.96 bits per heavy atom. The number of sulfonamides is 1. The summed E-state index contributed by atoms with van der Waals surface area (Å²) in [6, 6.07) is 8.37. The lowest BCUT2D eigenvalue weighted by Gasteiger charge is -2.27. The maximum Gasteiger partial charge on any atom is 0.209 e. The number of benzene rings is 1. The van der Waals surface area contributed by atoms with Crippen LogP contribution in [0.2, 0.25) is 0 Å². The fraction of sp³-hybridized carbons (Fsp3) is 0.611. The van der Waals surface area contributed by atoms with Gasteiger partial charge in [0, 0.05) is 30.1 Å². The Balaban J connectivity index is 0.00000676. The smallest absolute Gasteiger partial charge is 0.209 e. The molecule has 3 N–H and O–H groups in total. The highest BCUT2D eigenvalue weighted by Crippen LogP contribution is 2.16. The van der Waals surface area contributed by atoms with Crippen LogP contribution in [0, 0.1) is 5.92 Å². The first-order valence-corrected chi connectivity index (χ1v) is 11.4. The van der Waals surface area contributed by atoms with Crippen LogP contribution in [0.1, 0.15) is 32.8 Å². The van der Waals surface area contributed by atoms with Crippen LogP contribution in [0.4, 0.5) is 0 Å². The van der Waals surface area contributed by atoms with Crippen LogP contribution < -0.4 is 15.4 Å². The van der Waals surface area contributed by atoms with Gasteiger partial charge >= 0.3 is 0 Å². The maximum atomic E-state index is 11.4. The third kappa shape index (κ3) is 11.9. The second-order valence-electron chi connectivity index (χ2n) is 7.17. The number of halogens is 2. The van der Waals surface area contributed by atoms with Crippen LogP contribution in [0.25, 0.3) is 0 Å². The van der Waals surface area contributed by atoms with Gasteiger partial charge in [0.1, 0.15) is 0 Å². The third-order valence-corrected chi connectivity index (χ3v) is 5.35. The van der Waals surface area contributed by atoms with E-state index in [2.05, 4.69) is 61.4 Å². The summed E-state index contributed by atoms with van der Waals surface area (Å²) in [7, 11) is -1.55. The average Bonchev–Trinajstić information content (AvgIpc) is 2.51. The van der Waals surface area contributed by atoms with E-state index in [0.717, 1.165) is 30.1 Å². The van der Waals surface area contributed by atoms with E-state index in [9.17, 15) is 8.42 Å². The highest BCUT2D eigenvalue weighted by molar-refractivity contribution is 14.0. The second-order valence-corrected chi connectivity index (χ2v) is 9.84. The largest absolute Gasteiger partial charge is 0.356 e. The zero-order valence-corrected chi connectivity index (χ0v) is 21.4. The molecule has 6 nitrogen and oxygen atoms in total. The average molecular weight is 575 g/mol. The van der Waals surface area contributed by atoms with Crippen LogP contribution in [0.5, 0.6) is 0 Å². The first kappa shape index (κ1) is 26.6. The number of nitrogens with one attached hydrogen (secondary N) is 3. The van der Waals surface area contributed by atoms with Crippen LogP contribution >= 0.6 is 39.9 Å². The molecule has 0 aliphatic carbocycles. The van der Waals surface area contributed by atoms with Crippen molar-refractivity contribution < 1.29 is 8.42 Å². The summed E-state index contributed by atoms with van der Waals surface area (Å²) in [5.74, 6) is 1.14. The first-order chi connectivity index (χ1) is 12.0. The Kier molecular flexibility index (Phi) is 12.1. The molecule has 0 fully saturated rings.